The van der Waals surface area contributed by atoms with Crippen molar-refractivity contribution in [2.75, 3.05) is 7.05 Å². The Balaban J connectivity index is 1.54. The van der Waals surface area contributed by atoms with E-state index in [9.17, 15) is 4.79 Å². The second-order valence-electron chi connectivity index (χ2n) is 7.24. The number of aryl methyl sites for hydroxylation is 2. The number of imidazole rings is 1. The number of benzene rings is 2. The second-order valence-corrected chi connectivity index (χ2v) is 8.29. The normalized spacial score (nSPS) is 11.3. The molecule has 0 aliphatic carbocycles. The molecule has 6 nitrogen and oxygen atoms in total. The van der Waals surface area contributed by atoms with E-state index in [1.807, 2.05) is 55.1 Å². The van der Waals surface area contributed by atoms with E-state index in [4.69, 9.17) is 9.15 Å². The minimum atomic E-state index is -0.144. The first-order chi connectivity index (χ1) is 15.1. The summed E-state index contributed by atoms with van der Waals surface area (Å²) in [5.41, 5.74) is 1.23. The number of hydrogen-bond acceptors (Lipinski definition) is 5. The molecule has 0 aliphatic rings. The number of nitrogens with one attached hydrogen (secondary N) is 1. The molecule has 3 heterocycles. The van der Waals surface area contributed by atoms with Crippen molar-refractivity contribution in [3.8, 4) is 22.2 Å². The lowest BCUT2D eigenvalue weighted by Gasteiger charge is -2.07. The van der Waals surface area contributed by atoms with Gasteiger partial charge in [-0.25, -0.2) is 4.98 Å². The molecule has 0 saturated heterocycles. The summed E-state index contributed by atoms with van der Waals surface area (Å²) in [6.07, 6.45) is 4.37. The summed E-state index contributed by atoms with van der Waals surface area (Å²) in [4.78, 5) is 17.8. The zero-order valence-electron chi connectivity index (χ0n) is 17.4. The molecule has 0 atom stereocenters. The number of rotatable bonds is 5. The number of aromatic nitrogens is 2. The quantitative estimate of drug-likeness (QED) is 0.384. The predicted octanol–water partition coefficient (Wildman–Crippen LogP) is 5.76. The standard InChI is InChI=1S/C24H21N3O3S/c1-4-17-21(24(28)25-2)16-9-8-15(13-19(16)30-17)29-18-7-5-6-14-12-20(31-22(14)18)23-26-10-11-27(23)3/h5-13H,4H2,1-3H3,(H,25,28). The monoisotopic (exact) mass is 431 g/mol. The molecule has 5 rings (SSSR count). The van der Waals surface area contributed by atoms with Crippen molar-refractivity contribution < 1.29 is 13.9 Å². The fourth-order valence-corrected chi connectivity index (χ4v) is 4.92. The molecule has 0 unspecified atom stereocenters. The van der Waals surface area contributed by atoms with Crippen LogP contribution in [-0.4, -0.2) is 22.5 Å². The van der Waals surface area contributed by atoms with Crippen LogP contribution in [0.1, 0.15) is 23.0 Å². The van der Waals surface area contributed by atoms with Gasteiger partial charge in [-0.15, -0.1) is 11.3 Å². The van der Waals surface area contributed by atoms with E-state index in [1.165, 1.54) is 0 Å². The minimum Gasteiger partial charge on any atom is -0.460 e. The third kappa shape index (κ3) is 3.27. The Morgan fingerprint density at radius 2 is 2.13 bits per heavy atom. The van der Waals surface area contributed by atoms with E-state index in [1.54, 1.807) is 24.6 Å². The number of nitrogens with zero attached hydrogens (tertiary/aromatic N) is 2. The highest BCUT2D eigenvalue weighted by molar-refractivity contribution is 7.22. The lowest BCUT2D eigenvalue weighted by Crippen LogP contribution is -2.18. The summed E-state index contributed by atoms with van der Waals surface area (Å²) >= 11 is 1.65. The molecule has 0 fully saturated rings. The molecule has 2 aromatic carbocycles. The maximum Gasteiger partial charge on any atom is 0.255 e. The van der Waals surface area contributed by atoms with Crippen molar-refractivity contribution in [3.63, 3.8) is 0 Å². The molecule has 0 spiro atoms. The van der Waals surface area contributed by atoms with Crippen LogP contribution in [0.25, 0.3) is 31.8 Å². The lowest BCUT2D eigenvalue weighted by molar-refractivity contribution is 0.0962. The summed E-state index contributed by atoms with van der Waals surface area (Å²) in [6, 6.07) is 13.7. The molecule has 0 aliphatic heterocycles. The van der Waals surface area contributed by atoms with E-state index >= 15 is 0 Å². The maximum atomic E-state index is 12.3. The molecule has 156 valence electrons. The third-order valence-corrected chi connectivity index (χ3v) is 6.45. The first kappa shape index (κ1) is 19.4. The molecular weight excluding hydrogens is 410 g/mol. The highest BCUT2D eigenvalue weighted by Gasteiger charge is 2.19. The Hall–Kier alpha value is -3.58. The van der Waals surface area contributed by atoms with Gasteiger partial charge in [-0.1, -0.05) is 19.1 Å². The van der Waals surface area contributed by atoms with E-state index in [-0.39, 0.29) is 5.91 Å². The van der Waals surface area contributed by atoms with Crippen molar-refractivity contribution >= 4 is 38.3 Å². The van der Waals surface area contributed by atoms with Gasteiger partial charge in [0, 0.05) is 44.4 Å². The van der Waals surface area contributed by atoms with Gasteiger partial charge in [0.05, 0.1) is 15.1 Å². The van der Waals surface area contributed by atoms with Gasteiger partial charge in [-0.05, 0) is 29.7 Å². The van der Waals surface area contributed by atoms with Crippen molar-refractivity contribution in [2.24, 2.45) is 7.05 Å². The highest BCUT2D eigenvalue weighted by atomic mass is 32.1. The van der Waals surface area contributed by atoms with Gasteiger partial charge in [0.1, 0.15) is 28.7 Å². The van der Waals surface area contributed by atoms with E-state index < -0.39 is 0 Å². The van der Waals surface area contributed by atoms with Crippen LogP contribution in [0.3, 0.4) is 0 Å². The van der Waals surface area contributed by atoms with Crippen LogP contribution in [0.2, 0.25) is 0 Å². The van der Waals surface area contributed by atoms with Gasteiger partial charge in [-0.3, -0.25) is 4.79 Å². The fraction of sp³-hybridized carbons (Fsp3) is 0.167. The zero-order valence-corrected chi connectivity index (χ0v) is 18.2. The first-order valence-electron chi connectivity index (χ1n) is 10.0. The largest absolute Gasteiger partial charge is 0.460 e. The van der Waals surface area contributed by atoms with Crippen LogP contribution in [0.5, 0.6) is 11.5 Å². The van der Waals surface area contributed by atoms with Gasteiger partial charge >= 0.3 is 0 Å². The SMILES string of the molecule is CCc1oc2cc(Oc3cccc4cc(-c5nccn5C)sc34)ccc2c1C(=O)NC. The number of furan rings is 1. The van der Waals surface area contributed by atoms with Gasteiger partial charge < -0.3 is 19.0 Å². The second kappa shape index (κ2) is 7.59. The summed E-state index contributed by atoms with van der Waals surface area (Å²) in [6.45, 7) is 1.97. The molecule has 7 heteroatoms. The zero-order chi connectivity index (χ0) is 21.5. The van der Waals surface area contributed by atoms with Crippen LogP contribution in [0.4, 0.5) is 0 Å². The van der Waals surface area contributed by atoms with Crippen molar-refractivity contribution in [1.82, 2.24) is 14.9 Å². The number of thiophene rings is 1. The Labute approximate surface area is 183 Å². The molecular formula is C24H21N3O3S. The van der Waals surface area contributed by atoms with E-state index in [0.717, 1.165) is 31.9 Å². The van der Waals surface area contributed by atoms with Crippen LogP contribution in [-0.2, 0) is 13.5 Å². The van der Waals surface area contributed by atoms with Crippen LogP contribution in [0.15, 0.2) is 59.3 Å². The fourth-order valence-electron chi connectivity index (χ4n) is 3.77. The molecule has 3 aromatic heterocycles. The first-order valence-corrected chi connectivity index (χ1v) is 10.9. The highest BCUT2D eigenvalue weighted by Crippen LogP contribution is 2.40. The number of ether oxygens (including phenoxy) is 1. The lowest BCUT2D eigenvalue weighted by atomic mass is 10.1. The minimum absolute atomic E-state index is 0.144. The van der Waals surface area contributed by atoms with Gasteiger partial charge in [0.15, 0.2) is 0 Å². The third-order valence-electron chi connectivity index (χ3n) is 5.29. The van der Waals surface area contributed by atoms with Gasteiger partial charge in [-0.2, -0.15) is 0 Å². The average molecular weight is 432 g/mol. The van der Waals surface area contributed by atoms with Crippen LogP contribution in [0, 0.1) is 0 Å². The van der Waals surface area contributed by atoms with Gasteiger partial charge in [0.25, 0.3) is 5.91 Å². The maximum absolute atomic E-state index is 12.3. The van der Waals surface area contributed by atoms with Crippen LogP contribution < -0.4 is 10.1 Å². The number of hydrogen-bond donors (Lipinski definition) is 1. The van der Waals surface area contributed by atoms with Crippen molar-refractivity contribution in [1.29, 1.82) is 0 Å². The predicted molar refractivity (Wildman–Crippen MR) is 123 cm³/mol. The topological polar surface area (TPSA) is 69.3 Å². The summed E-state index contributed by atoms with van der Waals surface area (Å²) in [5.74, 6) is 2.89. The molecule has 0 bridgehead atoms. The molecule has 5 aromatic rings. The summed E-state index contributed by atoms with van der Waals surface area (Å²) in [7, 11) is 3.61. The van der Waals surface area contributed by atoms with Gasteiger partial charge in [0.2, 0.25) is 0 Å². The Kier molecular flexibility index (Phi) is 4.75. The molecule has 1 amide bonds. The van der Waals surface area contributed by atoms with E-state index in [0.29, 0.717) is 29.1 Å². The van der Waals surface area contributed by atoms with E-state index in [2.05, 4.69) is 22.4 Å². The molecule has 31 heavy (non-hydrogen) atoms. The average Bonchev–Trinajstić information content (AvgIpc) is 3.48. The summed E-state index contributed by atoms with van der Waals surface area (Å²) in [5, 5.41) is 4.58. The number of carbonyl (C=O) groups is 1. The Morgan fingerprint density at radius 3 is 2.87 bits per heavy atom. The van der Waals surface area contributed by atoms with Crippen LogP contribution >= 0.6 is 11.3 Å². The number of amides is 1. The van der Waals surface area contributed by atoms with Crippen molar-refractivity contribution in [2.45, 2.75) is 13.3 Å². The molecule has 0 radical (unpaired) electrons. The van der Waals surface area contributed by atoms with Crippen molar-refractivity contribution in [3.05, 3.63) is 66.2 Å². The Bertz CT molecular complexity index is 1430. The molecule has 1 N–H and O–H groups in total. The smallest absolute Gasteiger partial charge is 0.255 e. The Morgan fingerprint density at radius 1 is 1.26 bits per heavy atom. The number of carbonyl (C=O) groups excluding carboxylic acids is 1. The molecule has 0 saturated carbocycles. The number of fused-ring (bicyclic) bond motifs is 2. The summed E-state index contributed by atoms with van der Waals surface area (Å²) < 4.78 is 15.3.